The van der Waals surface area contributed by atoms with Crippen molar-refractivity contribution >= 4 is 5.91 Å². The van der Waals surface area contributed by atoms with Gasteiger partial charge in [-0.05, 0) is 62.3 Å². The van der Waals surface area contributed by atoms with Crippen LogP contribution in [0.25, 0.3) is 11.4 Å². The van der Waals surface area contributed by atoms with Crippen molar-refractivity contribution in [2.75, 3.05) is 27.2 Å². The number of hydrogen-bond acceptors (Lipinski definition) is 7. The quantitative estimate of drug-likeness (QED) is 0.606. The summed E-state index contributed by atoms with van der Waals surface area (Å²) >= 11 is 0. The molecule has 152 valence electrons. The molecule has 0 saturated carbocycles. The van der Waals surface area contributed by atoms with Crippen LogP contribution in [0, 0.1) is 0 Å². The zero-order valence-corrected chi connectivity index (χ0v) is 16.6. The molecule has 0 spiro atoms. The van der Waals surface area contributed by atoms with E-state index >= 15 is 0 Å². The molecule has 1 aliphatic heterocycles. The average Bonchev–Trinajstić information content (AvgIpc) is 3.50. The number of ether oxygens (including phenoxy) is 1. The highest BCUT2D eigenvalue weighted by atomic mass is 16.5. The third-order valence-corrected chi connectivity index (χ3v) is 4.99. The lowest BCUT2D eigenvalue weighted by atomic mass is 10.2. The second kappa shape index (κ2) is 8.48. The molecule has 0 bridgehead atoms. The van der Waals surface area contributed by atoms with Crippen LogP contribution in [0.1, 0.15) is 35.0 Å². The Bertz CT molecular complexity index is 957. The molecule has 29 heavy (non-hydrogen) atoms. The summed E-state index contributed by atoms with van der Waals surface area (Å²) in [6, 6.07) is 11.0. The summed E-state index contributed by atoms with van der Waals surface area (Å²) in [5.74, 6) is 2.48. The van der Waals surface area contributed by atoms with Crippen LogP contribution in [-0.4, -0.2) is 53.1 Å². The van der Waals surface area contributed by atoms with Gasteiger partial charge in [-0.25, -0.2) is 0 Å². The van der Waals surface area contributed by atoms with E-state index in [1.54, 1.807) is 20.2 Å². The highest BCUT2D eigenvalue weighted by Crippen LogP contribution is 2.21. The molecule has 1 amide bonds. The second-order valence-corrected chi connectivity index (χ2v) is 7.15. The fraction of sp³-hybridized carbons (Fsp3) is 0.381. The van der Waals surface area contributed by atoms with Crippen molar-refractivity contribution < 1.29 is 18.5 Å². The molecular formula is C21H24N4O4. The molecule has 0 aliphatic carbocycles. The minimum absolute atomic E-state index is 0.199. The summed E-state index contributed by atoms with van der Waals surface area (Å²) in [5.41, 5.74) is 0.812. The van der Waals surface area contributed by atoms with E-state index < -0.39 is 0 Å². The number of methoxy groups -OCH3 is 1. The van der Waals surface area contributed by atoms with E-state index in [1.807, 2.05) is 30.3 Å². The van der Waals surface area contributed by atoms with E-state index in [1.165, 1.54) is 17.7 Å². The van der Waals surface area contributed by atoms with Crippen molar-refractivity contribution in [1.29, 1.82) is 0 Å². The van der Waals surface area contributed by atoms with Crippen LogP contribution in [0.15, 0.2) is 45.3 Å². The fourth-order valence-electron chi connectivity index (χ4n) is 3.38. The number of amides is 1. The molecule has 3 aromatic rings. The molecule has 0 N–H and O–H groups in total. The minimum atomic E-state index is -0.220. The van der Waals surface area contributed by atoms with E-state index in [0.717, 1.165) is 36.7 Å². The van der Waals surface area contributed by atoms with Gasteiger partial charge in [0.1, 0.15) is 18.1 Å². The number of likely N-dealkylation sites (tertiary alicyclic amines) is 1. The van der Waals surface area contributed by atoms with Crippen LogP contribution in [0.3, 0.4) is 0 Å². The van der Waals surface area contributed by atoms with Crippen LogP contribution in [0.5, 0.6) is 5.75 Å². The first kappa shape index (κ1) is 19.2. The number of rotatable bonds is 7. The molecule has 0 unspecified atom stereocenters. The molecule has 8 nitrogen and oxygen atoms in total. The van der Waals surface area contributed by atoms with Crippen LogP contribution < -0.4 is 4.74 Å². The Hall–Kier alpha value is -3.13. The van der Waals surface area contributed by atoms with Crippen LogP contribution in [0.2, 0.25) is 0 Å². The number of nitrogens with zero attached hydrogens (tertiary/aromatic N) is 4. The zero-order chi connectivity index (χ0) is 20.2. The second-order valence-electron chi connectivity index (χ2n) is 7.15. The van der Waals surface area contributed by atoms with Gasteiger partial charge in [0.05, 0.1) is 13.7 Å². The lowest BCUT2D eigenvalue weighted by Gasteiger charge is -2.13. The third kappa shape index (κ3) is 4.48. The lowest BCUT2D eigenvalue weighted by molar-refractivity contribution is 0.0734. The van der Waals surface area contributed by atoms with Crippen molar-refractivity contribution in [1.82, 2.24) is 19.9 Å². The Kier molecular flexibility index (Phi) is 5.62. The van der Waals surface area contributed by atoms with Gasteiger partial charge in [0.25, 0.3) is 5.91 Å². The zero-order valence-electron chi connectivity index (χ0n) is 16.6. The first-order valence-electron chi connectivity index (χ1n) is 9.66. The topological polar surface area (TPSA) is 84.8 Å². The summed E-state index contributed by atoms with van der Waals surface area (Å²) in [6.07, 6.45) is 2.44. The number of carbonyl (C=O) groups excluding carboxylic acids is 1. The van der Waals surface area contributed by atoms with Gasteiger partial charge in [0.15, 0.2) is 5.76 Å². The summed E-state index contributed by atoms with van der Waals surface area (Å²) < 4.78 is 16.2. The summed E-state index contributed by atoms with van der Waals surface area (Å²) in [6.45, 7) is 3.10. The van der Waals surface area contributed by atoms with Crippen molar-refractivity contribution in [3.63, 3.8) is 0 Å². The van der Waals surface area contributed by atoms with Gasteiger partial charge in [-0.1, -0.05) is 5.16 Å². The molecule has 2 aromatic heterocycles. The van der Waals surface area contributed by atoms with Gasteiger partial charge in [-0.15, -0.1) is 0 Å². The Morgan fingerprint density at radius 1 is 1.17 bits per heavy atom. The van der Waals surface area contributed by atoms with Gasteiger partial charge in [-0.3, -0.25) is 9.69 Å². The molecule has 1 fully saturated rings. The van der Waals surface area contributed by atoms with Crippen molar-refractivity contribution in [2.45, 2.75) is 25.9 Å². The molecule has 8 heteroatoms. The van der Waals surface area contributed by atoms with Gasteiger partial charge in [0, 0.05) is 12.6 Å². The lowest BCUT2D eigenvalue weighted by Crippen LogP contribution is -2.26. The molecule has 1 aliphatic rings. The Morgan fingerprint density at radius 3 is 2.66 bits per heavy atom. The summed E-state index contributed by atoms with van der Waals surface area (Å²) in [4.78, 5) is 20.9. The number of carbonyl (C=O) groups is 1. The third-order valence-electron chi connectivity index (χ3n) is 4.99. The van der Waals surface area contributed by atoms with Gasteiger partial charge in [0.2, 0.25) is 11.7 Å². The van der Waals surface area contributed by atoms with E-state index in [-0.39, 0.29) is 12.5 Å². The van der Waals surface area contributed by atoms with Crippen LogP contribution in [0.4, 0.5) is 0 Å². The normalized spacial score (nSPS) is 14.3. The maximum atomic E-state index is 12.7. The molecule has 1 aromatic carbocycles. The van der Waals surface area contributed by atoms with E-state index in [4.69, 9.17) is 13.7 Å². The maximum Gasteiger partial charge on any atom is 0.289 e. The van der Waals surface area contributed by atoms with Crippen LogP contribution >= 0.6 is 0 Å². The smallest absolute Gasteiger partial charge is 0.289 e. The average molecular weight is 396 g/mol. The molecule has 3 heterocycles. The molecular weight excluding hydrogens is 372 g/mol. The van der Waals surface area contributed by atoms with Crippen molar-refractivity contribution in [3.8, 4) is 17.1 Å². The monoisotopic (exact) mass is 396 g/mol. The predicted octanol–water partition coefficient (Wildman–Crippen LogP) is 3.21. The SMILES string of the molecule is COc1ccc(-c2noc(CN(C)C(=O)c3ccc(CN4CCCC4)o3)n2)cc1. The molecule has 0 radical (unpaired) electrons. The first-order chi connectivity index (χ1) is 14.1. The predicted molar refractivity (Wildman–Crippen MR) is 105 cm³/mol. The largest absolute Gasteiger partial charge is 0.497 e. The maximum absolute atomic E-state index is 12.7. The molecule has 4 rings (SSSR count). The number of aromatic nitrogens is 2. The van der Waals surface area contributed by atoms with Gasteiger partial charge < -0.3 is 18.6 Å². The van der Waals surface area contributed by atoms with Crippen LogP contribution in [-0.2, 0) is 13.1 Å². The Balaban J connectivity index is 1.37. The van der Waals surface area contributed by atoms with E-state index in [9.17, 15) is 4.79 Å². The summed E-state index contributed by atoms with van der Waals surface area (Å²) in [5, 5.41) is 3.99. The number of furan rings is 1. The van der Waals surface area contributed by atoms with Crippen molar-refractivity contribution in [2.24, 2.45) is 0 Å². The standard InChI is InChI=1S/C21H24N4O4/c1-24(21(26)18-10-9-17(28-18)13-25-11-3-4-12-25)14-19-22-20(23-29-19)15-5-7-16(27-2)8-6-15/h5-10H,3-4,11-14H2,1-2H3. The molecule has 1 saturated heterocycles. The Morgan fingerprint density at radius 2 is 1.93 bits per heavy atom. The van der Waals surface area contributed by atoms with Crippen molar-refractivity contribution in [3.05, 3.63) is 53.8 Å². The number of hydrogen-bond donors (Lipinski definition) is 0. The van der Waals surface area contributed by atoms with E-state index in [0.29, 0.717) is 17.5 Å². The molecule has 0 atom stereocenters. The highest BCUT2D eigenvalue weighted by molar-refractivity contribution is 5.91. The number of benzene rings is 1. The first-order valence-corrected chi connectivity index (χ1v) is 9.66. The van der Waals surface area contributed by atoms with E-state index in [2.05, 4.69) is 15.0 Å². The van der Waals surface area contributed by atoms with Gasteiger partial charge in [-0.2, -0.15) is 4.98 Å². The highest BCUT2D eigenvalue weighted by Gasteiger charge is 2.20. The minimum Gasteiger partial charge on any atom is -0.497 e. The fourth-order valence-corrected chi connectivity index (χ4v) is 3.38. The van der Waals surface area contributed by atoms with Gasteiger partial charge >= 0.3 is 0 Å². The Labute approximate surface area is 169 Å². The summed E-state index contributed by atoms with van der Waals surface area (Å²) in [7, 11) is 3.30.